The van der Waals surface area contributed by atoms with E-state index in [-0.39, 0.29) is 5.03 Å². The number of aromatic amines is 1. The first kappa shape index (κ1) is 11.2. The molecule has 6 heteroatoms. The van der Waals surface area contributed by atoms with Gasteiger partial charge in [0.05, 0.1) is 12.5 Å². The fourth-order valence-corrected chi connectivity index (χ4v) is 3.42. The Hall–Kier alpha value is -0.880. The second kappa shape index (κ2) is 4.10. The molecule has 0 amide bonds. The van der Waals surface area contributed by atoms with Crippen LogP contribution >= 0.6 is 0 Å². The van der Waals surface area contributed by atoms with Gasteiger partial charge in [0.25, 0.3) is 10.0 Å². The number of H-pyrrole nitrogens is 1. The molecule has 2 aliphatic rings. The summed E-state index contributed by atoms with van der Waals surface area (Å²) < 4.78 is 26.5. The van der Waals surface area contributed by atoms with Crippen molar-refractivity contribution in [1.82, 2.24) is 14.7 Å². The lowest BCUT2D eigenvalue weighted by atomic mass is 9.99. The van der Waals surface area contributed by atoms with Gasteiger partial charge in [0, 0.05) is 6.54 Å². The smallest absolute Gasteiger partial charge is 0.257 e. The largest absolute Gasteiger partial charge is 0.335 e. The van der Waals surface area contributed by atoms with Gasteiger partial charge in [-0.2, -0.15) is 0 Å². The third-order valence-electron chi connectivity index (χ3n) is 3.73. The molecule has 0 unspecified atom stereocenters. The summed E-state index contributed by atoms with van der Waals surface area (Å²) in [6.45, 7) is 0.580. The highest BCUT2D eigenvalue weighted by atomic mass is 32.2. The average Bonchev–Trinajstić information content (AvgIpc) is 3.21. The van der Waals surface area contributed by atoms with E-state index >= 15 is 0 Å². The lowest BCUT2D eigenvalue weighted by Gasteiger charge is -2.15. The SMILES string of the molecule is O=S(=O)(NCC(C1CC1)C1CC1)c1cnc[nH]1. The van der Waals surface area contributed by atoms with Gasteiger partial charge in [-0.05, 0) is 43.4 Å². The standard InChI is InChI=1S/C11H17N3O2S/c15-17(16,11-6-12-7-13-11)14-5-10(8-1-2-8)9-3-4-9/h6-10,14H,1-5H2,(H,12,13). The molecule has 5 nitrogen and oxygen atoms in total. The monoisotopic (exact) mass is 255 g/mol. The molecule has 2 N–H and O–H groups in total. The summed E-state index contributed by atoms with van der Waals surface area (Å²) in [7, 11) is -3.39. The summed E-state index contributed by atoms with van der Waals surface area (Å²) in [6.07, 6.45) is 7.80. The Morgan fingerprint density at radius 2 is 2.00 bits per heavy atom. The van der Waals surface area contributed by atoms with Crippen LogP contribution in [0.15, 0.2) is 17.6 Å². The van der Waals surface area contributed by atoms with E-state index in [0.29, 0.717) is 12.5 Å². The molecule has 1 aromatic rings. The molecule has 0 bridgehead atoms. The predicted octanol–water partition coefficient (Wildman–Crippen LogP) is 1.12. The minimum atomic E-state index is -3.39. The summed E-state index contributed by atoms with van der Waals surface area (Å²) in [5, 5.41) is 0.155. The van der Waals surface area contributed by atoms with Crippen molar-refractivity contribution in [1.29, 1.82) is 0 Å². The Morgan fingerprint density at radius 1 is 1.35 bits per heavy atom. The maximum atomic E-state index is 11.9. The highest BCUT2D eigenvalue weighted by Crippen LogP contribution is 2.48. The Labute approximate surface area is 101 Å². The summed E-state index contributed by atoms with van der Waals surface area (Å²) in [5.74, 6) is 2.06. The van der Waals surface area contributed by atoms with Gasteiger partial charge in [-0.25, -0.2) is 18.1 Å². The van der Waals surface area contributed by atoms with Gasteiger partial charge in [-0.15, -0.1) is 0 Å². The molecule has 0 atom stereocenters. The fourth-order valence-electron chi connectivity index (χ4n) is 2.44. The molecule has 0 spiro atoms. The van der Waals surface area contributed by atoms with Gasteiger partial charge in [-0.1, -0.05) is 0 Å². The summed E-state index contributed by atoms with van der Waals surface area (Å²) in [6, 6.07) is 0. The highest BCUT2D eigenvalue weighted by molar-refractivity contribution is 7.89. The van der Waals surface area contributed by atoms with Crippen LogP contribution in [0.5, 0.6) is 0 Å². The van der Waals surface area contributed by atoms with Crippen molar-refractivity contribution in [2.24, 2.45) is 17.8 Å². The average molecular weight is 255 g/mol. The number of imidazole rings is 1. The maximum absolute atomic E-state index is 11.9. The first-order chi connectivity index (χ1) is 8.17. The van der Waals surface area contributed by atoms with E-state index in [2.05, 4.69) is 14.7 Å². The van der Waals surface area contributed by atoms with Crippen molar-refractivity contribution in [3.8, 4) is 0 Å². The van der Waals surface area contributed by atoms with Gasteiger partial charge < -0.3 is 4.98 Å². The summed E-state index contributed by atoms with van der Waals surface area (Å²) in [5.41, 5.74) is 0. The van der Waals surface area contributed by atoms with Gasteiger partial charge in [0.15, 0.2) is 5.03 Å². The van der Waals surface area contributed by atoms with Crippen LogP contribution in [0, 0.1) is 17.8 Å². The van der Waals surface area contributed by atoms with Crippen LogP contribution in [0.4, 0.5) is 0 Å². The van der Waals surface area contributed by atoms with Crippen molar-refractivity contribution in [3.63, 3.8) is 0 Å². The van der Waals surface area contributed by atoms with Crippen LogP contribution in [-0.4, -0.2) is 24.9 Å². The molecule has 0 aliphatic heterocycles. The van der Waals surface area contributed by atoms with Crippen molar-refractivity contribution < 1.29 is 8.42 Å². The summed E-state index contributed by atoms with van der Waals surface area (Å²) in [4.78, 5) is 6.37. The molecule has 1 aromatic heterocycles. The van der Waals surface area contributed by atoms with Crippen LogP contribution in [0.2, 0.25) is 0 Å². The van der Waals surface area contributed by atoms with E-state index < -0.39 is 10.0 Å². The van der Waals surface area contributed by atoms with Gasteiger partial charge in [0.2, 0.25) is 0 Å². The molecule has 3 rings (SSSR count). The Morgan fingerprint density at radius 3 is 2.47 bits per heavy atom. The number of sulfonamides is 1. The minimum Gasteiger partial charge on any atom is -0.335 e. The zero-order valence-corrected chi connectivity index (χ0v) is 10.4. The minimum absolute atomic E-state index is 0.155. The number of nitrogens with zero attached hydrogens (tertiary/aromatic N) is 1. The van der Waals surface area contributed by atoms with Gasteiger partial charge in [-0.3, -0.25) is 0 Å². The number of rotatable bonds is 6. The number of hydrogen-bond acceptors (Lipinski definition) is 3. The second-order valence-corrected chi connectivity index (χ2v) is 6.84. The van der Waals surface area contributed by atoms with Crippen molar-refractivity contribution in [2.45, 2.75) is 30.7 Å². The quantitative estimate of drug-likeness (QED) is 0.800. The van der Waals surface area contributed by atoms with E-state index in [1.54, 1.807) is 0 Å². The second-order valence-electron chi connectivity index (χ2n) is 5.11. The zero-order valence-electron chi connectivity index (χ0n) is 9.59. The van der Waals surface area contributed by atoms with E-state index in [9.17, 15) is 8.42 Å². The zero-order chi connectivity index (χ0) is 11.9. The molecule has 1 heterocycles. The molecule has 0 saturated heterocycles. The van der Waals surface area contributed by atoms with E-state index in [1.165, 1.54) is 38.2 Å². The first-order valence-electron chi connectivity index (χ1n) is 6.15. The Bertz CT molecular complexity index is 463. The molecule has 2 saturated carbocycles. The molecule has 17 heavy (non-hydrogen) atoms. The topological polar surface area (TPSA) is 74.8 Å². The van der Waals surface area contributed by atoms with Crippen LogP contribution in [0.3, 0.4) is 0 Å². The highest BCUT2D eigenvalue weighted by Gasteiger charge is 2.41. The maximum Gasteiger partial charge on any atom is 0.257 e. The van der Waals surface area contributed by atoms with Crippen molar-refractivity contribution in [3.05, 3.63) is 12.5 Å². The summed E-state index contributed by atoms with van der Waals surface area (Å²) >= 11 is 0. The lowest BCUT2D eigenvalue weighted by molar-refractivity contribution is 0.401. The van der Waals surface area contributed by atoms with Gasteiger partial charge in [0.1, 0.15) is 0 Å². The Balaban J connectivity index is 1.63. The number of nitrogens with one attached hydrogen (secondary N) is 2. The normalized spacial score (nSPS) is 21.0. The molecular formula is C11H17N3O2S. The third-order valence-corrected chi connectivity index (χ3v) is 5.08. The van der Waals surface area contributed by atoms with Gasteiger partial charge >= 0.3 is 0 Å². The Kier molecular flexibility index (Phi) is 2.71. The predicted molar refractivity (Wildman–Crippen MR) is 62.7 cm³/mol. The van der Waals surface area contributed by atoms with Crippen molar-refractivity contribution in [2.75, 3.05) is 6.54 Å². The van der Waals surface area contributed by atoms with E-state index in [0.717, 1.165) is 11.8 Å². The van der Waals surface area contributed by atoms with E-state index in [1.807, 2.05) is 0 Å². The molecular weight excluding hydrogens is 238 g/mol. The van der Waals surface area contributed by atoms with E-state index in [4.69, 9.17) is 0 Å². The number of aromatic nitrogens is 2. The number of hydrogen-bond donors (Lipinski definition) is 2. The van der Waals surface area contributed by atoms with Crippen LogP contribution in [0.25, 0.3) is 0 Å². The molecule has 2 aliphatic carbocycles. The lowest BCUT2D eigenvalue weighted by Crippen LogP contribution is -2.31. The van der Waals surface area contributed by atoms with Crippen LogP contribution < -0.4 is 4.72 Å². The third kappa shape index (κ3) is 2.52. The molecule has 0 aromatic carbocycles. The van der Waals surface area contributed by atoms with Crippen LogP contribution in [-0.2, 0) is 10.0 Å². The van der Waals surface area contributed by atoms with Crippen LogP contribution in [0.1, 0.15) is 25.7 Å². The molecule has 0 radical (unpaired) electrons. The fraction of sp³-hybridized carbons (Fsp3) is 0.727. The molecule has 2 fully saturated rings. The first-order valence-corrected chi connectivity index (χ1v) is 7.63. The van der Waals surface area contributed by atoms with Crippen molar-refractivity contribution >= 4 is 10.0 Å². The molecule has 94 valence electrons.